The number of hydrogen-bond donors (Lipinski definition) is 1. The van der Waals surface area contributed by atoms with Gasteiger partial charge in [-0.3, -0.25) is 9.79 Å². The minimum absolute atomic E-state index is 0.268. The van der Waals surface area contributed by atoms with Crippen molar-refractivity contribution in [3.05, 3.63) is 65.5 Å². The molecule has 124 valence electrons. The van der Waals surface area contributed by atoms with Crippen molar-refractivity contribution in [3.63, 3.8) is 0 Å². The summed E-state index contributed by atoms with van der Waals surface area (Å²) in [6.07, 6.45) is -1.05. The lowest BCUT2D eigenvalue weighted by molar-refractivity contribution is -0.119. The topological polar surface area (TPSA) is 58.7 Å². The van der Waals surface area contributed by atoms with Crippen LogP contribution in [0.2, 0.25) is 0 Å². The standard InChI is InChI=1S/C19H20FN3O/c1-12(2)11-23-16-10-6-4-8-14(16)17(22-18(21)19(23)24)13-7-3-5-9-15(13)20/h3-10,12,18H,11,21H2,1-2H3/t18-/m1/s1. The smallest absolute Gasteiger partial charge is 0.266 e. The van der Waals surface area contributed by atoms with Crippen molar-refractivity contribution in [2.75, 3.05) is 11.4 Å². The van der Waals surface area contributed by atoms with Crippen LogP contribution in [0.3, 0.4) is 0 Å². The second-order valence-electron chi connectivity index (χ2n) is 6.26. The lowest BCUT2D eigenvalue weighted by atomic mass is 9.99. The number of benzene rings is 2. The molecule has 0 aromatic heterocycles. The molecule has 1 atom stereocenters. The molecule has 0 unspecified atom stereocenters. The number of aliphatic imine (C=N–C) groups is 1. The average Bonchev–Trinajstić information content (AvgIpc) is 2.66. The van der Waals surface area contributed by atoms with Gasteiger partial charge in [-0.05, 0) is 24.1 Å². The van der Waals surface area contributed by atoms with E-state index in [9.17, 15) is 9.18 Å². The highest BCUT2D eigenvalue weighted by molar-refractivity contribution is 6.20. The number of amides is 1. The zero-order valence-electron chi connectivity index (χ0n) is 13.7. The quantitative estimate of drug-likeness (QED) is 0.943. The molecule has 0 fully saturated rings. The molecular weight excluding hydrogens is 305 g/mol. The van der Waals surface area contributed by atoms with Crippen LogP contribution in [0.25, 0.3) is 0 Å². The Morgan fingerprint density at radius 2 is 1.75 bits per heavy atom. The lowest BCUT2D eigenvalue weighted by Crippen LogP contribution is -2.44. The van der Waals surface area contributed by atoms with Gasteiger partial charge in [0.05, 0.1) is 11.4 Å². The van der Waals surface area contributed by atoms with E-state index in [0.717, 1.165) is 0 Å². The molecular formula is C19H20FN3O. The number of nitrogens with two attached hydrogens (primary N) is 1. The molecule has 2 aromatic carbocycles. The molecule has 1 heterocycles. The highest BCUT2D eigenvalue weighted by atomic mass is 19.1. The first-order chi connectivity index (χ1) is 11.5. The third kappa shape index (κ3) is 2.95. The third-order valence-electron chi connectivity index (χ3n) is 3.91. The Kier molecular flexibility index (Phi) is 4.44. The molecule has 0 spiro atoms. The van der Waals surface area contributed by atoms with Crippen molar-refractivity contribution in [2.24, 2.45) is 16.6 Å². The fourth-order valence-electron chi connectivity index (χ4n) is 2.87. The SMILES string of the molecule is CC(C)CN1C(=O)[C@H](N)N=C(c2ccccc2F)c2ccccc21. The molecule has 2 aromatic rings. The number of fused-ring (bicyclic) bond motifs is 1. The second kappa shape index (κ2) is 6.53. The molecule has 0 aliphatic carbocycles. The van der Waals surface area contributed by atoms with Gasteiger partial charge in [-0.15, -0.1) is 0 Å². The highest BCUT2D eigenvalue weighted by Gasteiger charge is 2.30. The summed E-state index contributed by atoms with van der Waals surface area (Å²) in [6, 6.07) is 13.8. The summed E-state index contributed by atoms with van der Waals surface area (Å²) in [5.74, 6) is -0.394. The Bertz CT molecular complexity index is 801. The lowest BCUT2D eigenvalue weighted by Gasteiger charge is -2.26. The molecule has 0 saturated carbocycles. The van der Waals surface area contributed by atoms with Gasteiger partial charge in [0.15, 0.2) is 6.17 Å². The fraction of sp³-hybridized carbons (Fsp3) is 0.263. The zero-order chi connectivity index (χ0) is 17.3. The van der Waals surface area contributed by atoms with Crippen molar-refractivity contribution in [2.45, 2.75) is 20.0 Å². The number of nitrogens with zero attached hydrogens (tertiary/aromatic N) is 2. The Morgan fingerprint density at radius 3 is 2.42 bits per heavy atom. The molecule has 24 heavy (non-hydrogen) atoms. The Hall–Kier alpha value is -2.53. The monoisotopic (exact) mass is 325 g/mol. The summed E-state index contributed by atoms with van der Waals surface area (Å²) < 4.78 is 14.3. The largest absolute Gasteiger partial charge is 0.308 e. The van der Waals surface area contributed by atoms with Gasteiger partial charge in [0.2, 0.25) is 0 Å². The first kappa shape index (κ1) is 16.3. The Morgan fingerprint density at radius 1 is 1.12 bits per heavy atom. The highest BCUT2D eigenvalue weighted by Crippen LogP contribution is 2.29. The van der Waals surface area contributed by atoms with E-state index in [1.165, 1.54) is 6.07 Å². The molecule has 5 heteroatoms. The number of para-hydroxylation sites is 1. The van der Waals surface area contributed by atoms with E-state index in [-0.39, 0.29) is 17.6 Å². The normalized spacial score (nSPS) is 17.5. The van der Waals surface area contributed by atoms with Crippen molar-refractivity contribution >= 4 is 17.3 Å². The number of halogens is 1. The van der Waals surface area contributed by atoms with Crippen molar-refractivity contribution in [1.82, 2.24) is 0 Å². The van der Waals surface area contributed by atoms with Gasteiger partial charge < -0.3 is 10.6 Å². The van der Waals surface area contributed by atoms with E-state index in [1.54, 1.807) is 23.1 Å². The van der Waals surface area contributed by atoms with Gasteiger partial charge in [0.25, 0.3) is 5.91 Å². The number of rotatable bonds is 3. The second-order valence-corrected chi connectivity index (χ2v) is 6.26. The van der Waals surface area contributed by atoms with Gasteiger partial charge in [-0.1, -0.05) is 44.2 Å². The van der Waals surface area contributed by atoms with E-state index in [2.05, 4.69) is 4.99 Å². The third-order valence-corrected chi connectivity index (χ3v) is 3.91. The van der Waals surface area contributed by atoms with Gasteiger partial charge in [0, 0.05) is 17.7 Å². The van der Waals surface area contributed by atoms with Crippen LogP contribution in [0, 0.1) is 11.7 Å². The molecule has 0 radical (unpaired) electrons. The van der Waals surface area contributed by atoms with Crippen LogP contribution in [0.1, 0.15) is 25.0 Å². The van der Waals surface area contributed by atoms with Gasteiger partial charge in [0.1, 0.15) is 5.82 Å². The van der Waals surface area contributed by atoms with E-state index >= 15 is 0 Å². The first-order valence-corrected chi connectivity index (χ1v) is 7.98. The van der Waals surface area contributed by atoms with Gasteiger partial charge in [-0.25, -0.2) is 4.39 Å². The van der Waals surface area contributed by atoms with Crippen LogP contribution < -0.4 is 10.6 Å². The Labute approximate surface area is 140 Å². The molecule has 0 bridgehead atoms. The van der Waals surface area contributed by atoms with Crippen LogP contribution in [-0.2, 0) is 4.79 Å². The summed E-state index contributed by atoms with van der Waals surface area (Å²) in [5.41, 5.74) is 8.19. The van der Waals surface area contributed by atoms with Crippen LogP contribution in [0.5, 0.6) is 0 Å². The summed E-state index contributed by atoms with van der Waals surface area (Å²) in [4.78, 5) is 18.7. The maximum absolute atomic E-state index is 14.3. The van der Waals surface area contributed by atoms with Gasteiger partial charge >= 0.3 is 0 Å². The molecule has 1 amide bonds. The first-order valence-electron chi connectivity index (χ1n) is 7.98. The number of hydrogen-bond acceptors (Lipinski definition) is 3. The summed E-state index contributed by atoms with van der Waals surface area (Å²) in [5, 5.41) is 0. The average molecular weight is 325 g/mol. The number of carbonyl (C=O) groups excluding carboxylic acids is 1. The summed E-state index contributed by atoms with van der Waals surface area (Å²) in [6.45, 7) is 4.60. The van der Waals surface area contributed by atoms with Crippen LogP contribution in [0.4, 0.5) is 10.1 Å². The number of carbonyl (C=O) groups is 1. The number of anilines is 1. The van der Waals surface area contributed by atoms with Crippen molar-refractivity contribution in [3.8, 4) is 0 Å². The van der Waals surface area contributed by atoms with E-state index in [1.807, 2.05) is 38.1 Å². The van der Waals surface area contributed by atoms with E-state index in [0.29, 0.717) is 29.1 Å². The van der Waals surface area contributed by atoms with Crippen molar-refractivity contribution in [1.29, 1.82) is 0 Å². The van der Waals surface area contributed by atoms with Crippen LogP contribution in [-0.4, -0.2) is 24.3 Å². The fourth-order valence-corrected chi connectivity index (χ4v) is 2.87. The molecule has 0 saturated heterocycles. The van der Waals surface area contributed by atoms with Crippen LogP contribution >= 0.6 is 0 Å². The zero-order valence-corrected chi connectivity index (χ0v) is 13.7. The predicted molar refractivity (Wildman–Crippen MR) is 93.6 cm³/mol. The van der Waals surface area contributed by atoms with E-state index in [4.69, 9.17) is 5.73 Å². The molecule has 4 nitrogen and oxygen atoms in total. The molecule has 2 N–H and O–H groups in total. The molecule has 1 aliphatic heterocycles. The predicted octanol–water partition coefficient (Wildman–Crippen LogP) is 2.95. The maximum Gasteiger partial charge on any atom is 0.266 e. The molecule has 1 aliphatic rings. The minimum atomic E-state index is -1.05. The number of benzodiazepines with no additional fused rings is 1. The minimum Gasteiger partial charge on any atom is -0.308 e. The van der Waals surface area contributed by atoms with E-state index < -0.39 is 6.17 Å². The summed E-state index contributed by atoms with van der Waals surface area (Å²) in [7, 11) is 0. The Balaban J connectivity index is 2.21. The van der Waals surface area contributed by atoms with Crippen molar-refractivity contribution < 1.29 is 9.18 Å². The summed E-state index contributed by atoms with van der Waals surface area (Å²) >= 11 is 0. The van der Waals surface area contributed by atoms with Crippen LogP contribution in [0.15, 0.2) is 53.5 Å². The maximum atomic E-state index is 14.3. The molecule has 3 rings (SSSR count). The van der Waals surface area contributed by atoms with Gasteiger partial charge in [-0.2, -0.15) is 0 Å².